The van der Waals surface area contributed by atoms with E-state index < -0.39 is 53.4 Å². The van der Waals surface area contributed by atoms with E-state index in [0.29, 0.717) is 27.7 Å². The van der Waals surface area contributed by atoms with Crippen LogP contribution in [0, 0.1) is 11.8 Å². The fraction of sp³-hybridized carbons (Fsp3) is 0.632. The normalized spacial score (nSPS) is 31.1. The van der Waals surface area contributed by atoms with Crippen molar-refractivity contribution in [2.45, 2.75) is 135 Å². The van der Waals surface area contributed by atoms with Crippen LogP contribution in [0.25, 0.3) is 0 Å². The van der Waals surface area contributed by atoms with Gasteiger partial charge in [0.2, 0.25) is 0 Å². The Kier molecular flexibility index (Phi) is 15.6. The first-order chi connectivity index (χ1) is 23.4. The molecule has 0 spiro atoms. The lowest BCUT2D eigenvalue weighted by molar-refractivity contribution is -0.157. The quantitative estimate of drug-likeness (QED) is 0.0839. The molecule has 0 amide bonds. The molecule has 2 aliphatic heterocycles. The van der Waals surface area contributed by atoms with Crippen LogP contribution in [0.15, 0.2) is 54.2 Å². The summed E-state index contributed by atoms with van der Waals surface area (Å²) in [4.78, 5) is 24.7. The Hall–Kier alpha value is -2.28. The second kappa shape index (κ2) is 18.5. The molecular weight excluding hydrogens is 685 g/mol. The number of epoxide rings is 1. The van der Waals surface area contributed by atoms with Gasteiger partial charge in [-0.2, -0.15) is 0 Å². The van der Waals surface area contributed by atoms with Crippen LogP contribution in [0.1, 0.15) is 79.7 Å². The topological polar surface area (TPSA) is 147 Å². The summed E-state index contributed by atoms with van der Waals surface area (Å²) < 4.78 is 23.1. The molecule has 1 aromatic carbocycles. The van der Waals surface area contributed by atoms with Crippen molar-refractivity contribution in [3.05, 3.63) is 69.8 Å². The molecule has 0 saturated carbocycles. The van der Waals surface area contributed by atoms with Gasteiger partial charge in [-0.05, 0) is 63.8 Å². The van der Waals surface area contributed by atoms with Crippen molar-refractivity contribution in [1.29, 1.82) is 0 Å². The number of aliphatic hydroxyl groups is 3. The molecule has 1 aromatic rings. The number of carbonyl (C=O) groups is 2. The molecule has 11 atom stereocenters. The highest BCUT2D eigenvalue weighted by Gasteiger charge is 2.54. The second-order valence-corrected chi connectivity index (χ2v) is 14.9. The van der Waals surface area contributed by atoms with Gasteiger partial charge in [0.25, 0.3) is 0 Å². The van der Waals surface area contributed by atoms with E-state index in [1.165, 1.54) is 13.8 Å². The monoisotopic (exact) mass is 739 g/mol. The van der Waals surface area contributed by atoms with Crippen LogP contribution < -0.4 is 5.32 Å². The predicted octanol–water partition coefficient (Wildman–Crippen LogP) is 5.87. The number of ether oxygens (including phenoxy) is 4. The van der Waals surface area contributed by atoms with Crippen molar-refractivity contribution in [2.75, 3.05) is 7.11 Å². The third-order valence-corrected chi connectivity index (χ3v) is 10.5. The summed E-state index contributed by atoms with van der Waals surface area (Å²) in [6.45, 7) is 12.6. The molecule has 2 aliphatic rings. The molecule has 0 bridgehead atoms. The zero-order valence-corrected chi connectivity index (χ0v) is 31.9. The van der Waals surface area contributed by atoms with Crippen molar-refractivity contribution in [3.63, 3.8) is 0 Å². The number of cyclic esters (lactones) is 1. The highest BCUT2D eigenvalue weighted by atomic mass is 35.5. The van der Waals surface area contributed by atoms with Crippen LogP contribution in [0.3, 0.4) is 0 Å². The molecule has 0 aromatic heterocycles. The maximum atomic E-state index is 12.9. The van der Waals surface area contributed by atoms with Crippen molar-refractivity contribution in [1.82, 2.24) is 5.32 Å². The number of nitrogens with one attached hydrogen (secondary N) is 1. The van der Waals surface area contributed by atoms with Gasteiger partial charge in [0.1, 0.15) is 23.9 Å². The Morgan fingerprint density at radius 1 is 1.22 bits per heavy atom. The minimum absolute atomic E-state index is 0.00373. The van der Waals surface area contributed by atoms with E-state index in [0.717, 1.165) is 6.42 Å². The molecule has 12 heteroatoms. The number of methoxy groups -OCH3 is 1. The zero-order valence-electron chi connectivity index (χ0n) is 30.4. The summed E-state index contributed by atoms with van der Waals surface area (Å²) in [6, 6.07) is 4.74. The smallest absolute Gasteiger partial charge is 0.309 e. The molecular formula is C38H55Cl2NO9. The van der Waals surface area contributed by atoms with E-state index in [1.54, 1.807) is 69.5 Å². The number of carbonyl (C=O) groups excluding carboxylic acids is 2. The van der Waals surface area contributed by atoms with Crippen molar-refractivity contribution in [3.8, 4) is 0 Å². The first-order valence-corrected chi connectivity index (χ1v) is 18.1. The van der Waals surface area contributed by atoms with Gasteiger partial charge in [-0.25, -0.2) is 0 Å². The summed E-state index contributed by atoms with van der Waals surface area (Å²) >= 11 is 12.9. The Labute approximate surface area is 306 Å². The maximum absolute atomic E-state index is 12.9. The summed E-state index contributed by atoms with van der Waals surface area (Å²) in [7, 11) is 1.69. The predicted molar refractivity (Wildman–Crippen MR) is 194 cm³/mol. The SMILES string of the molecule is CC[C@H](OC)[C@@H](C)[C@H]1O[C@@H]1C(NCc1c(Cl)cccc1Cl)C(C)(O)C=CC=C(C)C1OC(=O)C[C@H](O)CC[C@@](C)(O)[C@@H](OC(C)=O)C=C[C@@H]1C. The fourth-order valence-corrected chi connectivity index (χ4v) is 7.11. The van der Waals surface area contributed by atoms with Crippen molar-refractivity contribution in [2.24, 2.45) is 11.8 Å². The average molecular weight is 741 g/mol. The molecule has 3 rings (SSSR count). The largest absolute Gasteiger partial charge is 0.457 e. The van der Waals surface area contributed by atoms with E-state index >= 15 is 0 Å². The molecule has 4 N–H and O–H groups in total. The van der Waals surface area contributed by atoms with Crippen LogP contribution >= 0.6 is 23.2 Å². The minimum Gasteiger partial charge on any atom is -0.457 e. The lowest BCUT2D eigenvalue weighted by Gasteiger charge is -2.32. The van der Waals surface area contributed by atoms with Gasteiger partial charge in [0.15, 0.2) is 0 Å². The fourth-order valence-electron chi connectivity index (χ4n) is 6.58. The third kappa shape index (κ3) is 11.6. The minimum atomic E-state index is -1.47. The molecule has 0 radical (unpaired) electrons. The first-order valence-electron chi connectivity index (χ1n) is 17.3. The highest BCUT2D eigenvalue weighted by Crippen LogP contribution is 2.39. The van der Waals surface area contributed by atoms with E-state index in [-0.39, 0.29) is 43.5 Å². The van der Waals surface area contributed by atoms with E-state index in [4.69, 9.17) is 42.1 Å². The Morgan fingerprint density at radius 2 is 1.88 bits per heavy atom. The van der Waals surface area contributed by atoms with Crippen LogP contribution in [0.2, 0.25) is 10.0 Å². The summed E-state index contributed by atoms with van der Waals surface area (Å²) in [6.07, 6.45) is 5.97. The van der Waals surface area contributed by atoms with Gasteiger partial charge in [0, 0.05) is 48.0 Å². The first kappa shape index (κ1) is 42.1. The zero-order chi connectivity index (χ0) is 37.4. The third-order valence-electron chi connectivity index (χ3n) is 9.75. The Bertz CT molecular complexity index is 1370. The lowest BCUT2D eigenvalue weighted by Crippen LogP contribution is -2.52. The molecule has 50 heavy (non-hydrogen) atoms. The van der Waals surface area contributed by atoms with Crippen LogP contribution in [-0.2, 0) is 35.1 Å². The van der Waals surface area contributed by atoms with Gasteiger partial charge < -0.3 is 39.6 Å². The van der Waals surface area contributed by atoms with E-state index in [2.05, 4.69) is 19.2 Å². The summed E-state index contributed by atoms with van der Waals surface area (Å²) in [5.74, 6) is -1.46. The molecule has 2 heterocycles. The molecule has 1 fully saturated rings. The molecule has 10 nitrogen and oxygen atoms in total. The number of allylic oxidation sites excluding steroid dienone is 2. The number of halogens is 2. The standard InChI is InChI=1S/C38H55Cl2NO9/c1-9-30(47-8)24(4)34-35(50-34)36(41-21-27-28(39)13-10-14-29(27)40)38(7,46)18-11-12-22(2)33-23(3)15-16-31(48-25(5)42)37(6,45)19-17-26(43)20-32(44)49-33/h10-16,18,23-24,26,30-31,33-36,41,43,45-46H,9,17,19-21H2,1-8H3/t23-,24+,26+,30-,31-,33?,34+,35-,36?,37+,38?/m0/s1. The Morgan fingerprint density at radius 3 is 2.48 bits per heavy atom. The number of hydrogen-bond acceptors (Lipinski definition) is 10. The number of benzene rings is 1. The lowest BCUT2D eigenvalue weighted by atomic mass is 9.87. The highest BCUT2D eigenvalue weighted by molar-refractivity contribution is 6.35. The van der Waals surface area contributed by atoms with E-state index in [9.17, 15) is 24.9 Å². The number of rotatable bonds is 13. The van der Waals surface area contributed by atoms with Gasteiger partial charge >= 0.3 is 11.9 Å². The number of aliphatic hydroxyl groups excluding tert-OH is 1. The van der Waals surface area contributed by atoms with Crippen LogP contribution in [-0.4, -0.2) is 88.2 Å². The van der Waals surface area contributed by atoms with Crippen molar-refractivity contribution < 1.29 is 43.9 Å². The van der Waals surface area contributed by atoms with Crippen LogP contribution in [0.4, 0.5) is 0 Å². The second-order valence-electron chi connectivity index (χ2n) is 14.1. The summed E-state index contributed by atoms with van der Waals surface area (Å²) in [5.41, 5.74) is -1.51. The molecule has 3 unspecified atom stereocenters. The van der Waals surface area contributed by atoms with Gasteiger partial charge in [-0.3, -0.25) is 9.59 Å². The number of hydrogen-bond donors (Lipinski definition) is 4. The number of esters is 2. The maximum Gasteiger partial charge on any atom is 0.309 e. The van der Waals surface area contributed by atoms with Crippen molar-refractivity contribution >= 4 is 35.1 Å². The summed E-state index contributed by atoms with van der Waals surface area (Å²) in [5, 5.41) is 38.0. The molecule has 0 aliphatic carbocycles. The molecule has 1 saturated heterocycles. The van der Waals surface area contributed by atoms with Gasteiger partial charge in [-0.1, -0.05) is 74.3 Å². The van der Waals surface area contributed by atoms with Crippen LogP contribution in [0.5, 0.6) is 0 Å². The van der Waals surface area contributed by atoms with Gasteiger partial charge in [0.05, 0.1) is 36.4 Å². The average Bonchev–Trinajstić information content (AvgIpc) is 3.82. The Balaban J connectivity index is 1.90. The van der Waals surface area contributed by atoms with Gasteiger partial charge in [-0.15, -0.1) is 0 Å². The van der Waals surface area contributed by atoms with E-state index in [1.807, 2.05) is 6.92 Å². The molecule has 280 valence electrons.